The van der Waals surface area contributed by atoms with Crippen molar-refractivity contribution in [3.05, 3.63) is 16.2 Å². The molecule has 0 atom stereocenters. The molecule has 0 bridgehead atoms. The predicted octanol–water partition coefficient (Wildman–Crippen LogP) is 2.43. The van der Waals surface area contributed by atoms with E-state index < -0.39 is 0 Å². The van der Waals surface area contributed by atoms with Crippen molar-refractivity contribution >= 4 is 17.2 Å². The maximum absolute atomic E-state index is 12.1. The van der Waals surface area contributed by atoms with Crippen LogP contribution in [0.2, 0.25) is 0 Å². The first kappa shape index (κ1) is 13.2. The Hall–Kier alpha value is -1.76. The molecule has 1 aliphatic rings. The normalized spacial score (nSPS) is 15.7. The molecule has 0 aliphatic heterocycles. The molecule has 1 aliphatic carbocycles. The number of amides is 1. The number of carbonyl (C=O) groups excluding carboxylic acids is 1. The zero-order valence-corrected chi connectivity index (χ0v) is 12.1. The van der Waals surface area contributed by atoms with Crippen molar-refractivity contribution in [1.29, 1.82) is 0 Å². The van der Waals surface area contributed by atoms with Gasteiger partial charge in [0.05, 0.1) is 0 Å². The third kappa shape index (κ3) is 2.72. The molecular formula is C13H16N4O2S. The highest BCUT2D eigenvalue weighted by atomic mass is 32.1. The zero-order chi connectivity index (χ0) is 13.9. The van der Waals surface area contributed by atoms with Gasteiger partial charge in [-0.05, 0) is 12.8 Å². The Balaban J connectivity index is 1.70. The first-order valence-corrected chi connectivity index (χ1v) is 7.73. The van der Waals surface area contributed by atoms with E-state index in [9.17, 15) is 4.79 Å². The summed E-state index contributed by atoms with van der Waals surface area (Å²) in [4.78, 5) is 20.6. The summed E-state index contributed by atoms with van der Waals surface area (Å²) in [5, 5.41) is 9.07. The number of carbonyl (C=O) groups is 1. The van der Waals surface area contributed by atoms with E-state index in [1.165, 1.54) is 24.2 Å². The molecule has 1 N–H and O–H groups in total. The Morgan fingerprint density at radius 3 is 2.95 bits per heavy atom. The first-order valence-electron chi connectivity index (χ1n) is 6.85. The van der Waals surface area contributed by atoms with Gasteiger partial charge in [-0.25, -0.2) is 4.98 Å². The van der Waals surface area contributed by atoms with Crippen molar-refractivity contribution in [2.24, 2.45) is 0 Å². The van der Waals surface area contributed by atoms with Crippen molar-refractivity contribution in [1.82, 2.24) is 20.4 Å². The maximum Gasteiger partial charge on any atom is 0.280 e. The summed E-state index contributed by atoms with van der Waals surface area (Å²) in [5.74, 6) is 0.909. The minimum Gasteiger partial charge on any atom is -0.347 e. The molecule has 1 fully saturated rings. The lowest BCUT2D eigenvalue weighted by atomic mass is 10.2. The predicted molar refractivity (Wildman–Crippen MR) is 74.5 cm³/mol. The van der Waals surface area contributed by atoms with Crippen LogP contribution in [0.1, 0.15) is 48.2 Å². The number of nitrogens with zero attached hydrogens (tertiary/aromatic N) is 3. The quantitative estimate of drug-likeness (QED) is 0.936. The molecule has 7 heteroatoms. The van der Waals surface area contributed by atoms with Crippen molar-refractivity contribution in [2.75, 3.05) is 0 Å². The number of hydrogen-bond acceptors (Lipinski definition) is 6. The molecule has 0 saturated heterocycles. The molecule has 20 heavy (non-hydrogen) atoms. The summed E-state index contributed by atoms with van der Waals surface area (Å²) in [6.45, 7) is 1.95. The number of aryl methyl sites for hydroxylation is 1. The highest BCUT2D eigenvalue weighted by Crippen LogP contribution is 2.22. The molecule has 0 spiro atoms. The van der Waals surface area contributed by atoms with Crippen LogP contribution in [0.15, 0.2) is 9.90 Å². The fourth-order valence-electron chi connectivity index (χ4n) is 2.30. The highest BCUT2D eigenvalue weighted by Gasteiger charge is 2.21. The van der Waals surface area contributed by atoms with E-state index in [2.05, 4.69) is 20.4 Å². The lowest BCUT2D eigenvalue weighted by Crippen LogP contribution is -2.32. The molecule has 106 valence electrons. The number of hydrogen-bond donors (Lipinski definition) is 1. The molecule has 3 rings (SSSR count). The molecule has 6 nitrogen and oxygen atoms in total. The smallest absolute Gasteiger partial charge is 0.280 e. The van der Waals surface area contributed by atoms with Crippen LogP contribution in [0.4, 0.5) is 0 Å². The third-order valence-corrected chi connectivity index (χ3v) is 4.23. The number of aromatic nitrogens is 3. The summed E-state index contributed by atoms with van der Waals surface area (Å²) in [6.07, 6.45) is 5.22. The molecule has 0 aromatic carbocycles. The van der Waals surface area contributed by atoms with Crippen molar-refractivity contribution in [3.63, 3.8) is 0 Å². The maximum atomic E-state index is 12.1. The summed E-state index contributed by atoms with van der Waals surface area (Å²) >= 11 is 1.30. The Morgan fingerprint density at radius 2 is 2.25 bits per heavy atom. The van der Waals surface area contributed by atoms with Crippen LogP contribution in [0.5, 0.6) is 0 Å². The van der Waals surface area contributed by atoms with Crippen LogP contribution in [-0.4, -0.2) is 27.1 Å². The van der Waals surface area contributed by atoms with Gasteiger partial charge in [-0.2, -0.15) is 4.98 Å². The second kappa shape index (κ2) is 5.70. The van der Waals surface area contributed by atoms with Crippen LogP contribution in [-0.2, 0) is 6.42 Å². The van der Waals surface area contributed by atoms with Crippen molar-refractivity contribution in [2.45, 2.75) is 45.1 Å². The summed E-state index contributed by atoms with van der Waals surface area (Å²) in [6, 6.07) is 0.296. The molecule has 2 heterocycles. The summed E-state index contributed by atoms with van der Waals surface area (Å²) < 4.78 is 5.12. The average molecular weight is 292 g/mol. The lowest BCUT2D eigenvalue weighted by molar-refractivity contribution is 0.0937. The van der Waals surface area contributed by atoms with Gasteiger partial charge >= 0.3 is 0 Å². The number of rotatable bonds is 4. The van der Waals surface area contributed by atoms with Gasteiger partial charge in [0, 0.05) is 17.8 Å². The molecule has 0 unspecified atom stereocenters. The minimum atomic E-state index is -0.108. The van der Waals surface area contributed by atoms with E-state index in [0.717, 1.165) is 12.8 Å². The monoisotopic (exact) mass is 292 g/mol. The van der Waals surface area contributed by atoms with Crippen LogP contribution >= 0.6 is 11.3 Å². The van der Waals surface area contributed by atoms with Gasteiger partial charge < -0.3 is 9.84 Å². The molecule has 1 amide bonds. The van der Waals surface area contributed by atoms with Gasteiger partial charge in [0.25, 0.3) is 11.8 Å². The molecular weight excluding hydrogens is 276 g/mol. The van der Waals surface area contributed by atoms with Gasteiger partial charge in [-0.15, -0.1) is 11.3 Å². The van der Waals surface area contributed by atoms with E-state index >= 15 is 0 Å². The van der Waals surface area contributed by atoms with E-state index in [-0.39, 0.29) is 5.91 Å². The van der Waals surface area contributed by atoms with E-state index in [0.29, 0.717) is 34.9 Å². The van der Waals surface area contributed by atoms with Gasteiger partial charge in [-0.1, -0.05) is 24.9 Å². The SMILES string of the molecule is CCc1noc(-c2csc(C(=O)NC3CCCC3)n2)n1. The number of thiazole rings is 1. The van der Waals surface area contributed by atoms with Crippen LogP contribution in [0, 0.1) is 0 Å². The first-order chi connectivity index (χ1) is 9.76. The topological polar surface area (TPSA) is 80.9 Å². The average Bonchev–Trinajstić information content (AvgIpc) is 3.19. The second-order valence-corrected chi connectivity index (χ2v) is 5.72. The standard InChI is InChI=1S/C13H16N4O2S/c1-2-10-16-12(19-17-10)9-7-20-13(15-9)11(18)14-8-5-3-4-6-8/h7-8H,2-6H2,1H3,(H,14,18). The molecule has 2 aromatic rings. The fourth-order valence-corrected chi connectivity index (χ4v) is 2.99. The van der Waals surface area contributed by atoms with E-state index in [1.807, 2.05) is 6.92 Å². The van der Waals surface area contributed by atoms with Crippen LogP contribution in [0.3, 0.4) is 0 Å². The van der Waals surface area contributed by atoms with E-state index in [4.69, 9.17) is 4.52 Å². The Kier molecular flexibility index (Phi) is 3.77. The largest absolute Gasteiger partial charge is 0.347 e. The van der Waals surface area contributed by atoms with E-state index in [1.54, 1.807) is 5.38 Å². The highest BCUT2D eigenvalue weighted by molar-refractivity contribution is 7.12. The van der Waals surface area contributed by atoms with Crippen LogP contribution < -0.4 is 5.32 Å². The van der Waals surface area contributed by atoms with Gasteiger partial charge in [-0.3, -0.25) is 4.79 Å². The fraction of sp³-hybridized carbons (Fsp3) is 0.538. The Bertz CT molecular complexity index is 601. The summed E-state index contributed by atoms with van der Waals surface area (Å²) in [5.41, 5.74) is 0.568. The third-order valence-electron chi connectivity index (χ3n) is 3.39. The van der Waals surface area contributed by atoms with Gasteiger partial charge in [0.2, 0.25) is 0 Å². The Morgan fingerprint density at radius 1 is 1.45 bits per heavy atom. The molecule has 0 radical (unpaired) electrons. The van der Waals surface area contributed by atoms with Gasteiger partial charge in [0.15, 0.2) is 10.8 Å². The lowest BCUT2D eigenvalue weighted by Gasteiger charge is -2.09. The Labute approximate surface area is 120 Å². The van der Waals surface area contributed by atoms with Gasteiger partial charge in [0.1, 0.15) is 5.69 Å². The summed E-state index contributed by atoms with van der Waals surface area (Å²) in [7, 11) is 0. The second-order valence-electron chi connectivity index (χ2n) is 4.86. The molecule has 1 saturated carbocycles. The minimum absolute atomic E-state index is 0.108. The number of nitrogens with one attached hydrogen (secondary N) is 1. The molecule has 2 aromatic heterocycles. The van der Waals surface area contributed by atoms with Crippen molar-refractivity contribution < 1.29 is 9.32 Å². The van der Waals surface area contributed by atoms with Crippen molar-refractivity contribution in [3.8, 4) is 11.6 Å². The van der Waals surface area contributed by atoms with Crippen LogP contribution in [0.25, 0.3) is 11.6 Å². The zero-order valence-electron chi connectivity index (χ0n) is 11.3.